The normalized spacial score (nSPS) is 34.1. The SMILES string of the molecule is COc1ccc([N-][Si](C)(C)C2C(C)C(C)C3C4CCCCC4SC32)cc1.[CH3-].[CH3-].[CH3-].[Ti+4]. The second-order valence-electron chi connectivity index (χ2n) is 9.37. The molecule has 4 rings (SSSR count). The summed E-state index contributed by atoms with van der Waals surface area (Å²) in [4.78, 5) is 5.38. The van der Waals surface area contributed by atoms with Crippen LogP contribution in [0.4, 0.5) is 5.69 Å². The summed E-state index contributed by atoms with van der Waals surface area (Å²) in [6.45, 7) is 10.1. The smallest absolute Gasteiger partial charge is 0.687 e. The molecule has 1 aromatic rings. The summed E-state index contributed by atoms with van der Waals surface area (Å²) in [5, 5.41) is 1.80. The predicted molar refractivity (Wildman–Crippen MR) is 135 cm³/mol. The molecule has 7 atom stereocenters. The van der Waals surface area contributed by atoms with Gasteiger partial charge >= 0.3 is 21.7 Å². The number of hydrogen-bond acceptors (Lipinski definition) is 2. The molecule has 168 valence electrons. The Morgan fingerprint density at radius 3 is 2.17 bits per heavy atom. The first-order chi connectivity index (χ1) is 12.4. The summed E-state index contributed by atoms with van der Waals surface area (Å²) in [7, 11) is -0.00482. The zero-order valence-electron chi connectivity index (χ0n) is 20.4. The molecule has 0 aromatic heterocycles. The molecule has 1 saturated heterocycles. The molecule has 0 bridgehead atoms. The van der Waals surface area contributed by atoms with E-state index in [1.54, 1.807) is 7.11 Å². The van der Waals surface area contributed by atoms with E-state index in [2.05, 4.69) is 50.8 Å². The molecule has 1 aliphatic heterocycles. The van der Waals surface area contributed by atoms with Crippen LogP contribution in [0.1, 0.15) is 39.5 Å². The van der Waals surface area contributed by atoms with E-state index in [-0.39, 0.29) is 44.0 Å². The maximum Gasteiger partial charge on any atom is 4.00 e. The monoisotopic (exact) mass is 481 g/mol. The van der Waals surface area contributed by atoms with Gasteiger partial charge in [-0.1, -0.05) is 51.9 Å². The van der Waals surface area contributed by atoms with Gasteiger partial charge in [-0.2, -0.15) is 11.8 Å². The molecule has 2 saturated carbocycles. The van der Waals surface area contributed by atoms with E-state index in [9.17, 15) is 0 Å². The maximum absolute atomic E-state index is 5.38. The van der Waals surface area contributed by atoms with Crippen LogP contribution >= 0.6 is 11.8 Å². The van der Waals surface area contributed by atoms with Crippen LogP contribution in [0.25, 0.3) is 4.98 Å². The van der Waals surface area contributed by atoms with Gasteiger partial charge < -0.3 is 32.0 Å². The predicted octanol–water partition coefficient (Wildman–Crippen LogP) is 8.20. The molecule has 0 radical (unpaired) electrons. The molecule has 5 heteroatoms. The second kappa shape index (κ2) is 11.8. The van der Waals surface area contributed by atoms with Crippen LogP contribution in [-0.2, 0) is 21.7 Å². The molecule has 0 amide bonds. The van der Waals surface area contributed by atoms with Crippen molar-refractivity contribution in [2.45, 2.75) is 68.7 Å². The Balaban J connectivity index is 0.00000210. The first-order valence-electron chi connectivity index (χ1n) is 10.4. The van der Waals surface area contributed by atoms with Gasteiger partial charge in [-0.3, -0.25) is 0 Å². The molecule has 3 aliphatic rings. The van der Waals surface area contributed by atoms with Crippen molar-refractivity contribution in [2.75, 3.05) is 7.11 Å². The Kier molecular flexibility index (Phi) is 11.9. The molecule has 30 heavy (non-hydrogen) atoms. The summed E-state index contributed by atoms with van der Waals surface area (Å²) in [5.74, 6) is 4.53. The van der Waals surface area contributed by atoms with Crippen molar-refractivity contribution in [1.82, 2.24) is 0 Å². The van der Waals surface area contributed by atoms with Crippen molar-refractivity contribution < 1.29 is 26.5 Å². The largest absolute Gasteiger partial charge is 4.00 e. The fraction of sp³-hybridized carbons (Fsp3) is 0.640. The third-order valence-electron chi connectivity index (χ3n) is 7.62. The van der Waals surface area contributed by atoms with E-state index in [0.29, 0.717) is 0 Å². The molecule has 1 aromatic carbocycles. The van der Waals surface area contributed by atoms with E-state index in [1.165, 1.54) is 25.7 Å². The number of hydrogen-bond donors (Lipinski definition) is 0. The molecule has 0 N–H and O–H groups in total. The third kappa shape index (κ3) is 5.35. The molecule has 0 spiro atoms. The van der Waals surface area contributed by atoms with E-state index in [1.807, 2.05) is 12.1 Å². The van der Waals surface area contributed by atoms with E-state index < -0.39 is 8.24 Å². The Bertz CT molecular complexity index is 641. The summed E-state index contributed by atoms with van der Waals surface area (Å²) in [6.07, 6.45) is 5.88. The molecule has 7 unspecified atom stereocenters. The molecule has 2 nitrogen and oxygen atoms in total. The zero-order valence-corrected chi connectivity index (χ0v) is 23.8. The van der Waals surface area contributed by atoms with Gasteiger partial charge in [0.1, 0.15) is 5.75 Å². The first kappa shape index (κ1) is 30.1. The number of methoxy groups -OCH3 is 1. The van der Waals surface area contributed by atoms with Gasteiger partial charge in [0.2, 0.25) is 0 Å². The molecule has 3 fully saturated rings. The third-order valence-corrected chi connectivity index (χ3v) is 13.1. The van der Waals surface area contributed by atoms with Crippen LogP contribution in [0.2, 0.25) is 18.6 Å². The standard InChI is InChI=1S/C22H34NOSSi.3CH3.Ti/c1-14-15(2)22(21-20(14)18-8-6-7-9-19(18)25-21)26(4,5)23-16-10-12-17(24-3)13-11-16;;;;/h10-15,18-22H,6-9H2,1-5H3;3*1H3;/q4*-1;+4. The first-order valence-corrected chi connectivity index (χ1v) is 14.4. The van der Waals surface area contributed by atoms with Crippen LogP contribution in [-0.4, -0.2) is 25.8 Å². The van der Waals surface area contributed by atoms with Gasteiger partial charge in [-0.15, -0.1) is 5.69 Å². The Hall–Kier alpha value is 0.101. The van der Waals surface area contributed by atoms with Gasteiger partial charge in [-0.25, -0.2) is 0 Å². The number of nitrogens with zero attached hydrogens (tertiary/aromatic N) is 1. The van der Waals surface area contributed by atoms with E-state index in [0.717, 1.165) is 51.1 Å². The molecule has 1 heterocycles. The topological polar surface area (TPSA) is 23.3 Å². The van der Waals surface area contributed by atoms with Gasteiger partial charge in [0.15, 0.2) is 0 Å². The van der Waals surface area contributed by atoms with Crippen LogP contribution < -0.4 is 4.74 Å². The number of fused-ring (bicyclic) bond motifs is 3. The van der Waals surface area contributed by atoms with Crippen LogP contribution in [0.3, 0.4) is 0 Å². The molecular formula is C25H43NOSSiTi. The van der Waals surface area contributed by atoms with Crippen LogP contribution in [0.5, 0.6) is 5.75 Å². The van der Waals surface area contributed by atoms with Gasteiger partial charge in [-0.05, 0) is 62.4 Å². The van der Waals surface area contributed by atoms with Gasteiger partial charge in [0.05, 0.1) is 7.11 Å². The number of thioether (sulfide) groups is 1. The summed E-state index contributed by atoms with van der Waals surface area (Å²) in [5.41, 5.74) is 1.95. The van der Waals surface area contributed by atoms with Gasteiger partial charge in [0, 0.05) is 10.5 Å². The minimum Gasteiger partial charge on any atom is -0.687 e. The average Bonchev–Trinajstić information content (AvgIpc) is 3.10. The second-order valence-corrected chi connectivity index (χ2v) is 15.0. The zero-order chi connectivity index (χ0) is 18.5. The van der Waals surface area contributed by atoms with Crippen molar-refractivity contribution >= 4 is 25.7 Å². The van der Waals surface area contributed by atoms with E-state index >= 15 is 0 Å². The Morgan fingerprint density at radius 1 is 0.967 bits per heavy atom. The van der Waals surface area contributed by atoms with Crippen molar-refractivity contribution in [2.24, 2.45) is 23.7 Å². The fourth-order valence-corrected chi connectivity index (χ4v) is 13.5. The van der Waals surface area contributed by atoms with Crippen molar-refractivity contribution in [1.29, 1.82) is 0 Å². The average molecular weight is 482 g/mol. The van der Waals surface area contributed by atoms with Crippen LogP contribution in [0.15, 0.2) is 24.3 Å². The Morgan fingerprint density at radius 2 is 1.57 bits per heavy atom. The van der Waals surface area contributed by atoms with E-state index in [4.69, 9.17) is 9.72 Å². The quantitative estimate of drug-likeness (QED) is 0.320. The maximum atomic E-state index is 5.38. The fourth-order valence-electron chi connectivity index (χ4n) is 6.37. The summed E-state index contributed by atoms with van der Waals surface area (Å²) < 4.78 is 5.31. The summed E-state index contributed by atoms with van der Waals surface area (Å²) >= 11 is 2.38. The number of rotatable bonds is 4. The molecule has 2 aliphatic carbocycles. The van der Waals surface area contributed by atoms with Crippen LogP contribution in [0, 0.1) is 46.0 Å². The molecular weight excluding hydrogens is 438 g/mol. The number of benzene rings is 1. The van der Waals surface area contributed by atoms with Crippen molar-refractivity contribution in [3.05, 3.63) is 51.5 Å². The van der Waals surface area contributed by atoms with Crippen molar-refractivity contribution in [3.63, 3.8) is 0 Å². The summed E-state index contributed by atoms with van der Waals surface area (Å²) in [6, 6.07) is 8.36. The minimum absolute atomic E-state index is 0. The Labute approximate surface area is 208 Å². The number of ether oxygens (including phenoxy) is 1. The minimum atomic E-state index is -1.73. The van der Waals surface area contributed by atoms with Gasteiger partial charge in [0.25, 0.3) is 0 Å². The van der Waals surface area contributed by atoms with Crippen molar-refractivity contribution in [3.8, 4) is 5.75 Å².